The van der Waals surface area contributed by atoms with E-state index in [0.717, 1.165) is 10.0 Å². The smallest absolute Gasteiger partial charge is 0.303 e. The van der Waals surface area contributed by atoms with E-state index in [4.69, 9.17) is 9.84 Å². The van der Waals surface area contributed by atoms with Crippen molar-refractivity contribution in [3.63, 3.8) is 0 Å². The lowest BCUT2D eigenvalue weighted by Gasteiger charge is -2.13. The molecule has 1 aromatic carbocycles. The van der Waals surface area contributed by atoms with Gasteiger partial charge in [-0.1, -0.05) is 15.9 Å². The molecule has 1 rings (SSSR count). The maximum absolute atomic E-state index is 11.8. The van der Waals surface area contributed by atoms with Gasteiger partial charge in [-0.05, 0) is 37.5 Å². The average molecular weight is 344 g/mol. The van der Waals surface area contributed by atoms with Crippen LogP contribution in [0.3, 0.4) is 0 Å². The average Bonchev–Trinajstić information content (AvgIpc) is 2.37. The molecule has 0 aliphatic rings. The molecule has 0 heterocycles. The molecular formula is C14H18BrNO4. The number of carboxylic acids is 1. The number of hydrogen-bond donors (Lipinski definition) is 2. The van der Waals surface area contributed by atoms with Crippen molar-refractivity contribution < 1.29 is 19.4 Å². The zero-order valence-corrected chi connectivity index (χ0v) is 13.1. The number of aliphatic carboxylic acids is 1. The van der Waals surface area contributed by atoms with Crippen LogP contribution in [-0.4, -0.2) is 24.1 Å². The van der Waals surface area contributed by atoms with Crippen molar-refractivity contribution in [1.82, 2.24) is 0 Å². The maximum Gasteiger partial charge on any atom is 0.303 e. The Morgan fingerprint density at radius 2 is 1.95 bits per heavy atom. The number of nitrogens with one attached hydrogen (secondary N) is 1. The van der Waals surface area contributed by atoms with Gasteiger partial charge >= 0.3 is 5.97 Å². The number of anilines is 1. The molecule has 0 saturated heterocycles. The summed E-state index contributed by atoms with van der Waals surface area (Å²) in [6, 6.07) is 3.68. The lowest BCUT2D eigenvalue weighted by Crippen LogP contribution is -2.13. The first kappa shape index (κ1) is 16.5. The number of aryl methyl sites for hydroxylation is 1. The Balaban J connectivity index is 2.59. The molecule has 0 unspecified atom stereocenters. The van der Waals surface area contributed by atoms with Crippen LogP contribution in [0.2, 0.25) is 0 Å². The topological polar surface area (TPSA) is 75.6 Å². The Morgan fingerprint density at radius 1 is 1.30 bits per heavy atom. The quantitative estimate of drug-likeness (QED) is 0.744. The molecule has 5 nitrogen and oxygen atoms in total. The van der Waals surface area contributed by atoms with E-state index < -0.39 is 5.97 Å². The van der Waals surface area contributed by atoms with Gasteiger partial charge in [-0.15, -0.1) is 0 Å². The van der Waals surface area contributed by atoms with Crippen molar-refractivity contribution in [1.29, 1.82) is 0 Å². The lowest BCUT2D eigenvalue weighted by molar-refractivity contribution is -0.137. The summed E-state index contributed by atoms with van der Waals surface area (Å²) in [5.74, 6) is -0.384. The number of amides is 1. The first-order valence-corrected chi connectivity index (χ1v) is 7.09. The Labute approximate surface area is 126 Å². The second-order valence-corrected chi connectivity index (χ2v) is 5.36. The molecule has 0 atom stereocenters. The molecule has 0 saturated carbocycles. The third-order valence-electron chi connectivity index (χ3n) is 2.79. The monoisotopic (exact) mass is 343 g/mol. The highest BCUT2D eigenvalue weighted by Crippen LogP contribution is 2.32. The van der Waals surface area contributed by atoms with Crippen LogP contribution in [0.4, 0.5) is 5.69 Å². The van der Waals surface area contributed by atoms with E-state index in [2.05, 4.69) is 21.2 Å². The van der Waals surface area contributed by atoms with Crippen LogP contribution >= 0.6 is 15.9 Å². The Bertz CT molecular complexity index is 502. The summed E-state index contributed by atoms with van der Waals surface area (Å²) in [5.41, 5.74) is 1.55. The largest absolute Gasteiger partial charge is 0.495 e. The highest BCUT2D eigenvalue weighted by Gasteiger charge is 2.11. The second kappa shape index (κ2) is 7.89. The summed E-state index contributed by atoms with van der Waals surface area (Å²) in [7, 11) is 1.55. The van der Waals surface area contributed by atoms with Crippen LogP contribution in [0.5, 0.6) is 5.75 Å². The highest BCUT2D eigenvalue weighted by molar-refractivity contribution is 9.10. The molecule has 2 N–H and O–H groups in total. The van der Waals surface area contributed by atoms with E-state index in [1.165, 1.54) is 0 Å². The van der Waals surface area contributed by atoms with Crippen molar-refractivity contribution >= 4 is 33.5 Å². The van der Waals surface area contributed by atoms with Gasteiger partial charge < -0.3 is 15.2 Å². The number of carbonyl (C=O) groups is 2. The van der Waals surface area contributed by atoms with Crippen LogP contribution in [-0.2, 0) is 9.59 Å². The fourth-order valence-electron chi connectivity index (χ4n) is 1.80. The predicted molar refractivity (Wildman–Crippen MR) is 80.2 cm³/mol. The minimum Gasteiger partial charge on any atom is -0.495 e. The van der Waals surface area contributed by atoms with Gasteiger partial charge in [-0.3, -0.25) is 9.59 Å². The molecular weight excluding hydrogens is 326 g/mol. The normalized spacial score (nSPS) is 10.2. The number of rotatable bonds is 7. The molecule has 0 spiro atoms. The Kier molecular flexibility index (Phi) is 6.51. The minimum atomic E-state index is -0.837. The fourth-order valence-corrected chi connectivity index (χ4v) is 2.35. The molecule has 0 bridgehead atoms. The molecule has 6 heteroatoms. The molecule has 0 radical (unpaired) electrons. The van der Waals surface area contributed by atoms with E-state index in [-0.39, 0.29) is 12.3 Å². The number of ether oxygens (including phenoxy) is 1. The molecule has 110 valence electrons. The van der Waals surface area contributed by atoms with E-state index in [0.29, 0.717) is 30.7 Å². The van der Waals surface area contributed by atoms with Crippen LogP contribution in [0.25, 0.3) is 0 Å². The van der Waals surface area contributed by atoms with Crippen LogP contribution in [0, 0.1) is 6.92 Å². The summed E-state index contributed by atoms with van der Waals surface area (Å²) in [4.78, 5) is 22.2. The van der Waals surface area contributed by atoms with Gasteiger partial charge in [0.15, 0.2) is 0 Å². The SMILES string of the molecule is COc1cc(Br)cc(C)c1NC(=O)CCCCC(=O)O. The van der Waals surface area contributed by atoms with Crippen LogP contribution in [0.1, 0.15) is 31.2 Å². The Hall–Kier alpha value is -1.56. The molecule has 0 aromatic heterocycles. The van der Waals surface area contributed by atoms with Gasteiger partial charge in [0.25, 0.3) is 0 Å². The van der Waals surface area contributed by atoms with E-state index in [9.17, 15) is 9.59 Å². The summed E-state index contributed by atoms with van der Waals surface area (Å²) >= 11 is 3.37. The molecule has 1 aromatic rings. The maximum atomic E-state index is 11.8. The highest BCUT2D eigenvalue weighted by atomic mass is 79.9. The first-order valence-electron chi connectivity index (χ1n) is 6.30. The van der Waals surface area contributed by atoms with Crippen molar-refractivity contribution in [3.8, 4) is 5.75 Å². The number of methoxy groups -OCH3 is 1. The van der Waals surface area contributed by atoms with Gasteiger partial charge in [0, 0.05) is 17.3 Å². The number of carbonyl (C=O) groups excluding carboxylic acids is 1. The van der Waals surface area contributed by atoms with Crippen molar-refractivity contribution in [2.24, 2.45) is 0 Å². The number of benzene rings is 1. The zero-order chi connectivity index (χ0) is 15.1. The third-order valence-corrected chi connectivity index (χ3v) is 3.25. The zero-order valence-electron chi connectivity index (χ0n) is 11.5. The van der Waals surface area contributed by atoms with Crippen LogP contribution < -0.4 is 10.1 Å². The van der Waals surface area contributed by atoms with Gasteiger partial charge in [0.2, 0.25) is 5.91 Å². The van der Waals surface area contributed by atoms with Crippen LogP contribution in [0.15, 0.2) is 16.6 Å². The predicted octanol–water partition coefficient (Wildman–Crippen LogP) is 3.35. The summed E-state index contributed by atoms with van der Waals surface area (Å²) < 4.78 is 6.12. The molecule has 1 amide bonds. The summed E-state index contributed by atoms with van der Waals surface area (Å²) in [6.45, 7) is 1.88. The third kappa shape index (κ3) is 5.21. The van der Waals surface area contributed by atoms with Gasteiger partial charge in [-0.25, -0.2) is 0 Å². The summed E-state index contributed by atoms with van der Waals surface area (Å²) in [6.07, 6.45) is 1.44. The van der Waals surface area contributed by atoms with E-state index >= 15 is 0 Å². The number of carboxylic acid groups (broad SMARTS) is 1. The van der Waals surface area contributed by atoms with Crippen molar-refractivity contribution in [2.75, 3.05) is 12.4 Å². The van der Waals surface area contributed by atoms with Crippen molar-refractivity contribution in [2.45, 2.75) is 32.6 Å². The second-order valence-electron chi connectivity index (χ2n) is 4.45. The number of unbranched alkanes of at least 4 members (excludes halogenated alkanes) is 1. The standard InChI is InChI=1S/C14H18BrNO4/c1-9-7-10(15)8-11(20-2)14(9)16-12(17)5-3-4-6-13(18)19/h7-8H,3-6H2,1-2H3,(H,16,17)(H,18,19). The molecule has 20 heavy (non-hydrogen) atoms. The lowest BCUT2D eigenvalue weighted by atomic mass is 10.1. The fraction of sp³-hybridized carbons (Fsp3) is 0.429. The van der Waals surface area contributed by atoms with Gasteiger partial charge in [0.1, 0.15) is 5.75 Å². The van der Waals surface area contributed by atoms with Gasteiger partial charge in [0.05, 0.1) is 12.8 Å². The van der Waals surface area contributed by atoms with Gasteiger partial charge in [-0.2, -0.15) is 0 Å². The molecule has 0 aliphatic heterocycles. The van der Waals surface area contributed by atoms with Crippen molar-refractivity contribution in [3.05, 3.63) is 22.2 Å². The first-order chi connectivity index (χ1) is 9.43. The number of halogens is 1. The Morgan fingerprint density at radius 3 is 2.55 bits per heavy atom. The number of hydrogen-bond acceptors (Lipinski definition) is 3. The molecule has 0 aliphatic carbocycles. The van der Waals surface area contributed by atoms with E-state index in [1.807, 2.05) is 13.0 Å². The minimum absolute atomic E-state index is 0.0912. The molecule has 0 fully saturated rings. The van der Waals surface area contributed by atoms with E-state index in [1.54, 1.807) is 13.2 Å². The summed E-state index contributed by atoms with van der Waals surface area (Å²) in [5, 5.41) is 11.3.